The number of anilines is 1. The van der Waals surface area contributed by atoms with E-state index in [0.29, 0.717) is 23.5 Å². The first-order valence-corrected chi connectivity index (χ1v) is 10.7. The normalized spacial score (nSPS) is 15.4. The summed E-state index contributed by atoms with van der Waals surface area (Å²) < 4.78 is 32.7. The van der Waals surface area contributed by atoms with Gasteiger partial charge in [0.15, 0.2) is 5.96 Å². The van der Waals surface area contributed by atoms with E-state index in [4.69, 9.17) is 10.5 Å². The van der Waals surface area contributed by atoms with Gasteiger partial charge in [-0.3, -0.25) is 0 Å². The monoisotopic (exact) mass is 530 g/mol. The molecular weight excluding hydrogens is 503 g/mol. The van der Waals surface area contributed by atoms with Gasteiger partial charge in [-0.2, -0.15) is 4.31 Å². The van der Waals surface area contributed by atoms with Crippen LogP contribution in [-0.2, 0) is 16.6 Å². The third-order valence-corrected chi connectivity index (χ3v) is 6.69. The molecule has 1 saturated heterocycles. The summed E-state index contributed by atoms with van der Waals surface area (Å²) in [6.07, 6.45) is 2.88. The van der Waals surface area contributed by atoms with E-state index in [1.165, 1.54) is 0 Å². The second-order valence-electron chi connectivity index (χ2n) is 6.63. The van der Waals surface area contributed by atoms with Crippen LogP contribution in [0.1, 0.15) is 24.8 Å². The summed E-state index contributed by atoms with van der Waals surface area (Å²) in [5, 5.41) is 3.00. The number of rotatable bonds is 6. The third-order valence-electron chi connectivity index (χ3n) is 4.69. The van der Waals surface area contributed by atoms with Crippen molar-refractivity contribution < 1.29 is 13.2 Å². The number of sulfonamides is 1. The van der Waals surface area contributed by atoms with Gasteiger partial charge >= 0.3 is 0 Å². The van der Waals surface area contributed by atoms with Gasteiger partial charge in [-0.05, 0) is 48.7 Å². The zero-order valence-corrected chi connectivity index (χ0v) is 19.5. The van der Waals surface area contributed by atoms with Gasteiger partial charge in [0, 0.05) is 18.8 Å². The van der Waals surface area contributed by atoms with Crippen LogP contribution >= 0.6 is 24.0 Å². The first-order valence-electron chi connectivity index (χ1n) is 9.30. The average molecular weight is 530 g/mol. The Morgan fingerprint density at radius 3 is 2.41 bits per heavy atom. The zero-order chi connectivity index (χ0) is 20.0. The van der Waals surface area contributed by atoms with Gasteiger partial charge in [0.2, 0.25) is 10.0 Å². The van der Waals surface area contributed by atoms with Crippen molar-refractivity contribution in [1.82, 2.24) is 4.31 Å². The molecule has 1 aliphatic rings. The fourth-order valence-corrected chi connectivity index (χ4v) is 4.89. The maximum absolute atomic E-state index is 13.0. The number of hydrogen-bond donors (Lipinski definition) is 2. The minimum absolute atomic E-state index is 0. The maximum Gasteiger partial charge on any atom is 0.243 e. The molecule has 29 heavy (non-hydrogen) atoms. The number of benzene rings is 2. The molecule has 0 atom stereocenters. The number of ether oxygens (including phenoxy) is 1. The van der Waals surface area contributed by atoms with Crippen LogP contribution in [0, 0.1) is 0 Å². The van der Waals surface area contributed by atoms with Crippen LogP contribution in [0.3, 0.4) is 0 Å². The fraction of sp³-hybridized carbons (Fsp3) is 0.350. The molecule has 3 rings (SSSR count). The van der Waals surface area contributed by atoms with Crippen LogP contribution in [0.5, 0.6) is 5.75 Å². The molecule has 0 amide bonds. The Balaban J connectivity index is 0.00000300. The quantitative estimate of drug-likeness (QED) is 0.339. The van der Waals surface area contributed by atoms with Crippen molar-refractivity contribution in [3.8, 4) is 5.75 Å². The van der Waals surface area contributed by atoms with E-state index >= 15 is 0 Å². The average Bonchev–Trinajstić information content (AvgIpc) is 2.73. The molecule has 1 aliphatic heterocycles. The smallest absolute Gasteiger partial charge is 0.243 e. The summed E-state index contributed by atoms with van der Waals surface area (Å²) in [6, 6.07) is 14.3. The van der Waals surface area contributed by atoms with Gasteiger partial charge in [0.25, 0.3) is 0 Å². The van der Waals surface area contributed by atoms with Crippen molar-refractivity contribution in [2.24, 2.45) is 10.7 Å². The van der Waals surface area contributed by atoms with E-state index in [0.717, 1.165) is 30.7 Å². The maximum atomic E-state index is 13.0. The van der Waals surface area contributed by atoms with E-state index in [-0.39, 0.29) is 36.5 Å². The van der Waals surface area contributed by atoms with Crippen LogP contribution in [0.15, 0.2) is 58.4 Å². The zero-order valence-electron chi connectivity index (χ0n) is 16.4. The van der Waals surface area contributed by atoms with Crippen molar-refractivity contribution in [2.75, 3.05) is 25.5 Å². The standard InChI is InChI=1S/C20H26N4O3S.HI/c1-27-18-11-9-17(10-12-18)23-20(21)22-15-16-7-3-4-8-19(16)28(25,26)24-13-5-2-6-14-24;/h3-4,7-12H,2,5-6,13-15H2,1H3,(H3,21,22,23);1H. The molecule has 2 aromatic carbocycles. The molecule has 7 nitrogen and oxygen atoms in total. The van der Waals surface area contributed by atoms with E-state index in [1.807, 2.05) is 30.3 Å². The highest BCUT2D eigenvalue weighted by atomic mass is 127. The van der Waals surface area contributed by atoms with Crippen LogP contribution in [0.4, 0.5) is 5.69 Å². The molecule has 1 heterocycles. The summed E-state index contributed by atoms with van der Waals surface area (Å²) >= 11 is 0. The topological polar surface area (TPSA) is 97.0 Å². The number of halogens is 1. The van der Waals surface area contributed by atoms with Crippen LogP contribution in [0.2, 0.25) is 0 Å². The van der Waals surface area contributed by atoms with E-state index in [1.54, 1.807) is 29.6 Å². The number of hydrogen-bond acceptors (Lipinski definition) is 4. The Bertz CT molecular complexity index is 927. The van der Waals surface area contributed by atoms with Crippen LogP contribution < -0.4 is 15.8 Å². The van der Waals surface area contributed by atoms with Gasteiger partial charge in [-0.15, -0.1) is 24.0 Å². The van der Waals surface area contributed by atoms with E-state index in [9.17, 15) is 8.42 Å². The minimum Gasteiger partial charge on any atom is -0.497 e. The number of guanidine groups is 1. The molecule has 0 saturated carbocycles. The first kappa shape index (κ1) is 23.4. The molecule has 0 aliphatic carbocycles. The lowest BCUT2D eigenvalue weighted by atomic mass is 10.2. The molecule has 0 aromatic heterocycles. The molecule has 9 heteroatoms. The number of nitrogens with zero attached hydrogens (tertiary/aromatic N) is 2. The summed E-state index contributed by atoms with van der Waals surface area (Å²) in [5.74, 6) is 0.966. The largest absolute Gasteiger partial charge is 0.497 e. The molecule has 0 spiro atoms. The highest BCUT2D eigenvalue weighted by Gasteiger charge is 2.27. The Labute approximate surface area is 189 Å². The Hall–Kier alpha value is -1.85. The molecule has 1 fully saturated rings. The Morgan fingerprint density at radius 2 is 1.76 bits per heavy atom. The van der Waals surface area contributed by atoms with Crippen molar-refractivity contribution in [2.45, 2.75) is 30.7 Å². The van der Waals surface area contributed by atoms with Gasteiger partial charge < -0.3 is 15.8 Å². The second kappa shape index (κ2) is 10.8. The second-order valence-corrected chi connectivity index (χ2v) is 8.53. The van der Waals surface area contributed by atoms with Crippen molar-refractivity contribution in [1.29, 1.82) is 0 Å². The van der Waals surface area contributed by atoms with Crippen molar-refractivity contribution in [3.05, 3.63) is 54.1 Å². The van der Waals surface area contributed by atoms with E-state index in [2.05, 4.69) is 10.3 Å². The summed E-state index contributed by atoms with van der Waals surface area (Å²) in [7, 11) is -1.91. The first-order chi connectivity index (χ1) is 13.5. The summed E-state index contributed by atoms with van der Waals surface area (Å²) in [4.78, 5) is 4.62. The lowest BCUT2D eigenvalue weighted by Gasteiger charge is -2.26. The van der Waals surface area contributed by atoms with Crippen molar-refractivity contribution in [3.63, 3.8) is 0 Å². The minimum atomic E-state index is -3.52. The van der Waals surface area contributed by atoms with Gasteiger partial charge in [0.05, 0.1) is 18.6 Å². The molecule has 158 valence electrons. The van der Waals surface area contributed by atoms with Crippen LogP contribution in [0.25, 0.3) is 0 Å². The molecule has 2 aromatic rings. The van der Waals surface area contributed by atoms with E-state index < -0.39 is 10.0 Å². The number of piperidine rings is 1. The third kappa shape index (κ3) is 6.06. The lowest BCUT2D eigenvalue weighted by Crippen LogP contribution is -2.36. The molecule has 0 bridgehead atoms. The van der Waals surface area contributed by atoms with Crippen LogP contribution in [-0.4, -0.2) is 38.9 Å². The fourth-order valence-electron chi connectivity index (χ4n) is 3.16. The lowest BCUT2D eigenvalue weighted by molar-refractivity contribution is 0.346. The molecule has 0 unspecified atom stereocenters. The van der Waals surface area contributed by atoms with Crippen molar-refractivity contribution >= 4 is 45.6 Å². The SMILES string of the molecule is COc1ccc(NC(N)=NCc2ccccc2S(=O)(=O)N2CCCCC2)cc1.I. The molecule has 3 N–H and O–H groups in total. The number of nitrogens with two attached hydrogens (primary N) is 1. The number of aliphatic imine (C=N–C) groups is 1. The highest BCUT2D eigenvalue weighted by Crippen LogP contribution is 2.24. The van der Waals surface area contributed by atoms with Gasteiger partial charge in [0.1, 0.15) is 5.75 Å². The predicted octanol–water partition coefficient (Wildman–Crippen LogP) is 3.41. The summed E-state index contributed by atoms with van der Waals surface area (Å²) in [6.45, 7) is 1.32. The van der Waals surface area contributed by atoms with Gasteiger partial charge in [-0.1, -0.05) is 24.6 Å². The molecule has 0 radical (unpaired) electrons. The Kier molecular flexibility index (Phi) is 8.72. The predicted molar refractivity (Wildman–Crippen MR) is 126 cm³/mol. The number of nitrogens with one attached hydrogen (secondary N) is 1. The Morgan fingerprint density at radius 1 is 1.10 bits per heavy atom. The van der Waals surface area contributed by atoms with Gasteiger partial charge in [-0.25, -0.2) is 13.4 Å². The summed E-state index contributed by atoms with van der Waals surface area (Å²) in [5.41, 5.74) is 7.38. The molecular formula is C20H27IN4O3S. The number of methoxy groups -OCH3 is 1. The highest BCUT2D eigenvalue weighted by molar-refractivity contribution is 14.0.